The second-order valence-electron chi connectivity index (χ2n) is 12.7. The summed E-state index contributed by atoms with van der Waals surface area (Å²) in [5.74, 6) is -1.80. The molecule has 41 heavy (non-hydrogen) atoms. The number of nitrogens with zero attached hydrogens (tertiary/aromatic N) is 1. The minimum atomic E-state index is -2.01. The molecule has 214 valence electrons. The number of ether oxygens (including phenoxy) is 3. The van der Waals surface area contributed by atoms with Gasteiger partial charge in [-0.3, -0.25) is 9.59 Å². The highest BCUT2D eigenvalue weighted by molar-refractivity contribution is 6.09. The molecule has 1 aliphatic carbocycles. The number of aromatic hydroxyl groups is 1. The van der Waals surface area contributed by atoms with E-state index in [0.717, 1.165) is 11.1 Å². The molecule has 0 spiro atoms. The van der Waals surface area contributed by atoms with Gasteiger partial charge in [-0.1, -0.05) is 18.2 Å². The van der Waals surface area contributed by atoms with Crippen LogP contribution in [0.2, 0.25) is 0 Å². The molecule has 0 unspecified atom stereocenters. The maximum Gasteiger partial charge on any atom is 0.417 e. The summed E-state index contributed by atoms with van der Waals surface area (Å²) in [5.41, 5.74) is -0.337. The van der Waals surface area contributed by atoms with Crippen LogP contribution in [0.1, 0.15) is 55.5 Å². The van der Waals surface area contributed by atoms with Crippen molar-refractivity contribution < 1.29 is 38.8 Å². The van der Waals surface area contributed by atoms with Crippen molar-refractivity contribution >= 4 is 23.3 Å². The van der Waals surface area contributed by atoms with Crippen LogP contribution in [0.3, 0.4) is 0 Å². The Hall–Kier alpha value is -3.69. The van der Waals surface area contributed by atoms with Gasteiger partial charge in [0.25, 0.3) is 0 Å². The van der Waals surface area contributed by atoms with E-state index in [-0.39, 0.29) is 36.8 Å². The van der Waals surface area contributed by atoms with Crippen LogP contribution in [-0.2, 0) is 38.3 Å². The van der Waals surface area contributed by atoms with Crippen molar-refractivity contribution in [1.82, 2.24) is 0 Å². The third-order valence-corrected chi connectivity index (χ3v) is 10.4. The summed E-state index contributed by atoms with van der Waals surface area (Å²) in [6.45, 7) is 10.1. The zero-order valence-electron chi connectivity index (χ0n) is 24.0. The van der Waals surface area contributed by atoms with E-state index in [0.29, 0.717) is 45.7 Å². The Morgan fingerprint density at radius 1 is 1.10 bits per heavy atom. The van der Waals surface area contributed by atoms with E-state index in [4.69, 9.17) is 14.2 Å². The number of hydrogen-bond donors (Lipinski definition) is 2. The van der Waals surface area contributed by atoms with E-state index in [1.807, 2.05) is 12.1 Å². The molecule has 1 amide bonds. The third-order valence-electron chi connectivity index (χ3n) is 10.4. The highest BCUT2D eigenvalue weighted by Crippen LogP contribution is 2.65. The lowest BCUT2D eigenvalue weighted by Gasteiger charge is -2.60. The number of anilines is 1. The average Bonchev–Trinajstić information content (AvgIpc) is 3.14. The summed E-state index contributed by atoms with van der Waals surface area (Å²) in [6, 6.07) is 7.25. The zero-order valence-corrected chi connectivity index (χ0v) is 24.0. The molecule has 0 aromatic heterocycles. The number of para-hydroxylation sites is 1. The number of benzene rings is 2. The summed E-state index contributed by atoms with van der Waals surface area (Å²) < 4.78 is 19.1. The molecule has 2 aromatic carbocycles. The Bertz CT molecular complexity index is 1660. The summed E-state index contributed by atoms with van der Waals surface area (Å²) in [4.78, 5) is 41.7. The molecule has 4 heterocycles. The Kier molecular flexibility index (Phi) is 4.97. The van der Waals surface area contributed by atoms with E-state index in [2.05, 4.69) is 0 Å². The first-order chi connectivity index (χ1) is 19.2. The lowest BCUT2D eigenvalue weighted by Crippen LogP contribution is -2.76. The van der Waals surface area contributed by atoms with Crippen molar-refractivity contribution in [2.45, 2.75) is 77.9 Å². The topological polar surface area (TPSA) is 123 Å². The van der Waals surface area contributed by atoms with E-state index in [9.17, 15) is 24.6 Å². The molecule has 2 N–H and O–H groups in total. The van der Waals surface area contributed by atoms with Gasteiger partial charge in [-0.25, -0.2) is 9.69 Å². The first-order valence-electron chi connectivity index (χ1n) is 14.0. The Labute approximate surface area is 237 Å². The van der Waals surface area contributed by atoms with Gasteiger partial charge in [0.15, 0.2) is 11.4 Å². The molecule has 1 fully saturated rings. The number of phenols is 1. The van der Waals surface area contributed by atoms with Crippen LogP contribution in [0.15, 0.2) is 35.4 Å². The maximum atomic E-state index is 14.5. The fraction of sp³-hybridized carbons (Fsp3) is 0.469. The van der Waals surface area contributed by atoms with Crippen LogP contribution >= 0.6 is 0 Å². The molecule has 5 aliphatic rings. The smallest absolute Gasteiger partial charge is 0.417 e. The van der Waals surface area contributed by atoms with Crippen LogP contribution in [0, 0.1) is 25.2 Å². The van der Waals surface area contributed by atoms with E-state index >= 15 is 0 Å². The van der Waals surface area contributed by atoms with Gasteiger partial charge < -0.3 is 24.4 Å². The van der Waals surface area contributed by atoms with Gasteiger partial charge in [-0.2, -0.15) is 0 Å². The predicted molar refractivity (Wildman–Crippen MR) is 147 cm³/mol. The number of hydrogen-bond acceptors (Lipinski definition) is 8. The molecule has 5 atom stereocenters. The second-order valence-corrected chi connectivity index (χ2v) is 12.7. The van der Waals surface area contributed by atoms with Crippen molar-refractivity contribution in [3.05, 3.63) is 63.2 Å². The van der Waals surface area contributed by atoms with Crippen LogP contribution in [0.4, 0.5) is 10.5 Å². The predicted octanol–water partition coefficient (Wildman–Crippen LogP) is 3.98. The van der Waals surface area contributed by atoms with Gasteiger partial charge >= 0.3 is 6.09 Å². The molecule has 4 aliphatic heterocycles. The van der Waals surface area contributed by atoms with Gasteiger partial charge in [0, 0.05) is 24.5 Å². The number of carbonyl (C=O) groups is 3. The van der Waals surface area contributed by atoms with Crippen LogP contribution in [0.25, 0.3) is 0 Å². The monoisotopic (exact) mass is 559 g/mol. The lowest BCUT2D eigenvalue weighted by molar-refractivity contribution is -0.229. The molecule has 0 saturated carbocycles. The highest BCUT2D eigenvalue weighted by atomic mass is 16.7. The molecule has 2 aromatic rings. The molecular formula is C32H33NO8. The summed E-state index contributed by atoms with van der Waals surface area (Å²) >= 11 is 0. The molecule has 9 nitrogen and oxygen atoms in total. The van der Waals surface area contributed by atoms with Crippen LogP contribution in [0.5, 0.6) is 11.5 Å². The van der Waals surface area contributed by atoms with Crippen molar-refractivity contribution in [2.75, 3.05) is 11.5 Å². The summed E-state index contributed by atoms with van der Waals surface area (Å²) in [5, 5.41) is 23.7. The number of fused-ring (bicyclic) bond motifs is 6. The van der Waals surface area contributed by atoms with Gasteiger partial charge in [0.2, 0.25) is 11.5 Å². The Morgan fingerprint density at radius 2 is 1.80 bits per heavy atom. The lowest BCUT2D eigenvalue weighted by atomic mass is 9.52. The second kappa shape index (κ2) is 7.77. The molecule has 1 saturated heterocycles. The van der Waals surface area contributed by atoms with E-state index in [1.165, 1.54) is 11.8 Å². The zero-order chi connectivity index (χ0) is 29.4. The SMILES string of the molecule is CC(=O)Cc1c(C)c(O)c(C)c2c1C[C@@H]1C3=C(CO[C@]1(C)O2)C(=O)[C@@]1(C)Cc2ccccc2N2C(=O)O[C@]3(C)[C@]21O. The Balaban J connectivity index is 1.47. The largest absolute Gasteiger partial charge is 0.507 e. The number of carbonyl (C=O) groups excluding carboxylic acids is 3. The quantitative estimate of drug-likeness (QED) is 0.567. The number of amides is 1. The fourth-order valence-corrected chi connectivity index (χ4v) is 8.31. The van der Waals surface area contributed by atoms with Crippen molar-refractivity contribution in [1.29, 1.82) is 0 Å². The average molecular weight is 560 g/mol. The van der Waals surface area contributed by atoms with Crippen molar-refractivity contribution in [3.63, 3.8) is 0 Å². The van der Waals surface area contributed by atoms with Crippen LogP contribution in [-0.4, -0.2) is 51.6 Å². The van der Waals surface area contributed by atoms with Crippen molar-refractivity contribution in [3.8, 4) is 11.5 Å². The first kappa shape index (κ1) is 26.2. The van der Waals surface area contributed by atoms with Gasteiger partial charge in [-0.05, 0) is 81.4 Å². The minimum Gasteiger partial charge on any atom is -0.507 e. The number of aliphatic hydroxyl groups is 1. The van der Waals surface area contributed by atoms with Gasteiger partial charge in [0.05, 0.1) is 23.6 Å². The number of Topliss-reactive ketones (excluding diaryl/α,β-unsaturated/α-hetero) is 2. The highest BCUT2D eigenvalue weighted by Gasteiger charge is 2.80. The van der Waals surface area contributed by atoms with Crippen LogP contribution < -0.4 is 9.64 Å². The number of ketones is 2. The summed E-state index contributed by atoms with van der Waals surface area (Å²) in [6.07, 6.45) is -0.118. The maximum absolute atomic E-state index is 14.5. The Morgan fingerprint density at radius 3 is 2.51 bits per heavy atom. The van der Waals surface area contributed by atoms with E-state index in [1.54, 1.807) is 46.8 Å². The molecule has 7 rings (SSSR count). The van der Waals surface area contributed by atoms with Gasteiger partial charge in [0.1, 0.15) is 17.3 Å². The fourth-order valence-electron chi connectivity index (χ4n) is 8.31. The molecule has 0 radical (unpaired) electrons. The molecule has 9 heteroatoms. The van der Waals surface area contributed by atoms with Gasteiger partial charge in [-0.15, -0.1) is 0 Å². The minimum absolute atomic E-state index is 0.0592. The summed E-state index contributed by atoms with van der Waals surface area (Å²) in [7, 11) is 0. The number of rotatable bonds is 2. The van der Waals surface area contributed by atoms with Crippen molar-refractivity contribution in [2.24, 2.45) is 11.3 Å². The standard InChI is InChI=1S/C32H33NO8/c1-15(34)11-19-16(2)25(35)17(3)26-20(19)12-22-24-21(14-39-31(22,6)40-26)27(36)29(4)13-18-9-7-8-10-23(18)33-28(37)41-30(24,5)32(29,33)38/h7-10,22,35,38H,11-14H2,1-6H3/t22-,29-,30+,31-,32+/m1/s1. The molecular weight excluding hydrogens is 526 g/mol. The third kappa shape index (κ3) is 2.86. The molecule has 0 bridgehead atoms. The number of phenolic OH excluding ortho intramolecular Hbond substituents is 1. The normalized spacial score (nSPS) is 34.6. The first-order valence-corrected chi connectivity index (χ1v) is 14.0. The van der Waals surface area contributed by atoms with E-state index < -0.39 is 34.5 Å².